The lowest BCUT2D eigenvalue weighted by Crippen LogP contribution is -2.48. The number of nitrogens with two attached hydrogens (primary N) is 1. The van der Waals surface area contributed by atoms with Crippen LogP contribution in [0.25, 0.3) is 0 Å². The zero-order chi connectivity index (χ0) is 39.0. The normalized spacial score (nSPS) is 20.9. The molecule has 1 heterocycles. The van der Waals surface area contributed by atoms with Crippen LogP contribution >= 0.6 is 0 Å². The number of hydrogen-bond donors (Lipinski definition) is 4. The van der Waals surface area contributed by atoms with Crippen LogP contribution in [0.2, 0.25) is 0 Å². The van der Waals surface area contributed by atoms with Crippen molar-refractivity contribution in [1.29, 1.82) is 0 Å². The van der Waals surface area contributed by atoms with Gasteiger partial charge in [-0.2, -0.15) is 0 Å². The second-order valence-corrected chi connectivity index (χ2v) is 15.3. The summed E-state index contributed by atoms with van der Waals surface area (Å²) in [5.41, 5.74) is 7.78. The molecule has 0 bridgehead atoms. The number of nitrogens with one attached hydrogen (secondary N) is 2. The van der Waals surface area contributed by atoms with E-state index < -0.39 is 6.04 Å². The third-order valence-corrected chi connectivity index (χ3v) is 10.7. The number of unbranched alkanes of at least 4 members (excludes halogenated alkanes) is 2. The molecule has 298 valence electrons. The lowest BCUT2D eigenvalue weighted by molar-refractivity contribution is -0.138. The van der Waals surface area contributed by atoms with Crippen molar-refractivity contribution in [2.24, 2.45) is 11.8 Å². The van der Waals surface area contributed by atoms with Crippen LogP contribution in [0.1, 0.15) is 115 Å². The van der Waals surface area contributed by atoms with Gasteiger partial charge in [-0.3, -0.25) is 19.2 Å². The Balaban J connectivity index is 1.42. The number of para-hydroxylation sites is 2. The van der Waals surface area contributed by atoms with Gasteiger partial charge < -0.3 is 40.7 Å². The Morgan fingerprint density at radius 3 is 2.33 bits per heavy atom. The summed E-state index contributed by atoms with van der Waals surface area (Å²) in [6.07, 6.45) is 9.69. The highest BCUT2D eigenvalue weighted by molar-refractivity contribution is 6.00. The Labute approximate surface area is 321 Å². The average Bonchev–Trinajstić information content (AvgIpc) is 3.16. The van der Waals surface area contributed by atoms with Gasteiger partial charge in [-0.05, 0) is 89.1 Å². The van der Waals surface area contributed by atoms with Crippen LogP contribution in [0.4, 0.5) is 17.1 Å². The number of aliphatic hydroxyl groups excluding tert-OH is 1. The number of anilines is 3. The Bertz CT molecular complexity index is 1530. The smallest absolute Gasteiger partial charge is 0.258 e. The number of rotatable bonds is 13. The average molecular weight is 750 g/mol. The fraction of sp³-hybridized carbons (Fsp3) is 0.619. The van der Waals surface area contributed by atoms with Gasteiger partial charge in [-0.15, -0.1) is 0 Å². The van der Waals surface area contributed by atoms with E-state index in [1.807, 2.05) is 33.0 Å². The van der Waals surface area contributed by atoms with Crippen molar-refractivity contribution < 1.29 is 33.8 Å². The number of nitrogen functional groups attached to an aromatic ring is 1. The largest absolute Gasteiger partial charge is 0.490 e. The van der Waals surface area contributed by atoms with E-state index in [1.165, 1.54) is 6.42 Å². The number of likely N-dealkylation sites (N-methyl/N-ethyl adjacent to an activating group) is 1. The summed E-state index contributed by atoms with van der Waals surface area (Å²) >= 11 is 0. The van der Waals surface area contributed by atoms with Crippen LogP contribution in [-0.2, 0) is 19.1 Å². The molecule has 1 fully saturated rings. The summed E-state index contributed by atoms with van der Waals surface area (Å²) in [5, 5.41) is 16.0. The number of aliphatic hydroxyl groups is 1. The molecule has 2 aromatic carbocycles. The monoisotopic (exact) mass is 749 g/mol. The first-order chi connectivity index (χ1) is 26.0. The number of benzene rings is 2. The van der Waals surface area contributed by atoms with Crippen molar-refractivity contribution in [2.75, 3.05) is 49.7 Å². The summed E-state index contributed by atoms with van der Waals surface area (Å²) in [7, 11) is 1.85. The van der Waals surface area contributed by atoms with E-state index in [2.05, 4.69) is 10.6 Å². The van der Waals surface area contributed by atoms with Crippen LogP contribution in [-0.4, -0.2) is 90.1 Å². The molecule has 1 aliphatic heterocycles. The summed E-state index contributed by atoms with van der Waals surface area (Å²) in [4.78, 5) is 56.6. The van der Waals surface area contributed by atoms with Gasteiger partial charge in [0.15, 0.2) is 0 Å². The first-order valence-electron chi connectivity index (χ1n) is 20.0. The molecule has 0 aromatic heterocycles. The molecular formula is C42H63N5O7. The van der Waals surface area contributed by atoms with Crippen LogP contribution < -0.4 is 21.1 Å². The van der Waals surface area contributed by atoms with E-state index in [1.54, 1.807) is 47.1 Å². The molecule has 1 aliphatic carbocycles. The first kappa shape index (κ1) is 42.6. The zero-order valence-corrected chi connectivity index (χ0v) is 32.8. The third-order valence-electron chi connectivity index (χ3n) is 10.7. The molecule has 4 atom stereocenters. The minimum atomic E-state index is -0.509. The molecule has 2 aliphatic rings. The maximum atomic E-state index is 14.5. The van der Waals surface area contributed by atoms with Crippen LogP contribution in [0.3, 0.4) is 0 Å². The minimum Gasteiger partial charge on any atom is -0.490 e. The number of carbonyl (C=O) groups is 4. The predicted molar refractivity (Wildman–Crippen MR) is 212 cm³/mol. The molecule has 12 nitrogen and oxygen atoms in total. The van der Waals surface area contributed by atoms with E-state index in [9.17, 15) is 24.3 Å². The number of nitrogens with zero attached hydrogens (tertiary/aromatic N) is 2. The molecule has 1 saturated carbocycles. The first-order valence-corrected chi connectivity index (χ1v) is 20.0. The van der Waals surface area contributed by atoms with Gasteiger partial charge >= 0.3 is 0 Å². The van der Waals surface area contributed by atoms with Crippen LogP contribution in [0, 0.1) is 11.8 Å². The molecule has 2 aromatic rings. The van der Waals surface area contributed by atoms with E-state index in [0.717, 1.165) is 44.9 Å². The molecule has 0 radical (unpaired) electrons. The predicted octanol–water partition coefficient (Wildman–Crippen LogP) is 6.63. The zero-order valence-electron chi connectivity index (χ0n) is 32.8. The van der Waals surface area contributed by atoms with E-state index in [4.69, 9.17) is 15.2 Å². The lowest BCUT2D eigenvalue weighted by atomic mass is 9.88. The molecule has 4 rings (SSSR count). The van der Waals surface area contributed by atoms with Crippen molar-refractivity contribution >= 4 is 40.7 Å². The van der Waals surface area contributed by atoms with E-state index >= 15 is 0 Å². The lowest BCUT2D eigenvalue weighted by Gasteiger charge is -2.36. The Morgan fingerprint density at radius 2 is 1.63 bits per heavy atom. The van der Waals surface area contributed by atoms with Gasteiger partial charge in [0.2, 0.25) is 17.7 Å². The van der Waals surface area contributed by atoms with Crippen LogP contribution in [0.15, 0.2) is 42.5 Å². The molecule has 54 heavy (non-hydrogen) atoms. The van der Waals surface area contributed by atoms with Gasteiger partial charge in [-0.25, -0.2) is 0 Å². The summed E-state index contributed by atoms with van der Waals surface area (Å²) in [6.45, 7) is 6.82. The molecule has 4 amide bonds. The highest BCUT2D eigenvalue weighted by Crippen LogP contribution is 2.30. The SMILES string of the molecule is C[C@@H]1CCCCO[C@H](CN(C)C(=O)C2CCCCC2)[C@@H](C)CN([C@H](C)CO)C(=O)c2cc(NC(=O)CCCCCC(=O)Nc3ccccc3N)ccc2O1. The molecule has 12 heteroatoms. The standard InChI is InChI=1S/C42H63N5O7/c1-29-26-47(30(2)28-48)42(52)34-25-33(44-39(49)20-9-6-10-21-40(50)45-36-19-12-11-18-35(36)43)22-23-37(34)54-31(3)15-13-14-24-53-38(29)27-46(4)41(51)32-16-7-5-8-17-32/h11-12,18-19,22-23,25,29-32,38,48H,5-10,13-17,20-21,24,26-28,43H2,1-4H3,(H,44,49)(H,45,50)/t29-,30+,31+,38+/m0/s1. The van der Waals surface area contributed by atoms with Gasteiger partial charge in [0.05, 0.1) is 41.8 Å². The topological polar surface area (TPSA) is 164 Å². The number of hydrogen-bond acceptors (Lipinski definition) is 8. The molecule has 0 saturated heterocycles. The van der Waals surface area contributed by atoms with Crippen molar-refractivity contribution in [3.63, 3.8) is 0 Å². The molecule has 5 N–H and O–H groups in total. The van der Waals surface area contributed by atoms with Crippen molar-refractivity contribution in [1.82, 2.24) is 9.80 Å². The van der Waals surface area contributed by atoms with Gasteiger partial charge in [0.1, 0.15) is 5.75 Å². The fourth-order valence-electron chi connectivity index (χ4n) is 7.28. The molecule has 0 spiro atoms. The second kappa shape index (κ2) is 21.7. The van der Waals surface area contributed by atoms with Gasteiger partial charge in [0, 0.05) is 57.1 Å². The van der Waals surface area contributed by atoms with Gasteiger partial charge in [0.25, 0.3) is 5.91 Å². The van der Waals surface area contributed by atoms with Crippen LogP contribution in [0.5, 0.6) is 5.75 Å². The Kier molecular flexibility index (Phi) is 17.1. The highest BCUT2D eigenvalue weighted by Gasteiger charge is 2.32. The fourth-order valence-corrected chi connectivity index (χ4v) is 7.28. The molecular weight excluding hydrogens is 686 g/mol. The maximum absolute atomic E-state index is 14.5. The van der Waals surface area contributed by atoms with Crippen molar-refractivity contribution in [3.8, 4) is 5.75 Å². The quantitative estimate of drug-likeness (QED) is 0.131. The summed E-state index contributed by atoms with van der Waals surface area (Å²) in [6, 6.07) is 11.7. The molecule has 0 unspecified atom stereocenters. The van der Waals surface area contributed by atoms with Gasteiger partial charge in [-0.1, -0.05) is 44.7 Å². The minimum absolute atomic E-state index is 0.0526. The second-order valence-electron chi connectivity index (χ2n) is 15.3. The summed E-state index contributed by atoms with van der Waals surface area (Å²) < 4.78 is 12.8. The Hall–Kier alpha value is -4.16. The Morgan fingerprint density at radius 1 is 0.944 bits per heavy atom. The number of ether oxygens (including phenoxy) is 2. The summed E-state index contributed by atoms with van der Waals surface area (Å²) in [5.74, 6) is -0.153. The van der Waals surface area contributed by atoms with Crippen molar-refractivity contribution in [3.05, 3.63) is 48.0 Å². The maximum Gasteiger partial charge on any atom is 0.258 e. The van der Waals surface area contributed by atoms with E-state index in [-0.39, 0.29) is 60.7 Å². The van der Waals surface area contributed by atoms with Crippen molar-refractivity contribution in [2.45, 2.75) is 122 Å². The number of amides is 4. The highest BCUT2D eigenvalue weighted by atomic mass is 16.5. The van der Waals surface area contributed by atoms with E-state index in [0.29, 0.717) is 73.8 Å². The third kappa shape index (κ3) is 13.0. The number of fused-ring (bicyclic) bond motifs is 1. The number of carbonyl (C=O) groups excluding carboxylic acids is 4.